The highest BCUT2D eigenvalue weighted by Gasteiger charge is 2.30. The molecule has 1 unspecified atom stereocenters. The molecular weight excluding hydrogens is 500 g/mol. The Balaban J connectivity index is 1.95. The molecule has 6 nitrogen and oxygen atoms in total. The maximum Gasteiger partial charge on any atom is 0.243 e. The van der Waals surface area contributed by atoms with Crippen LogP contribution in [-0.4, -0.2) is 43.5 Å². The number of nitrogens with one attached hydrogen (secondary N) is 1. The second-order valence-corrected chi connectivity index (χ2v) is 10.1. The van der Waals surface area contributed by atoms with E-state index >= 15 is 0 Å². The fourth-order valence-corrected chi connectivity index (χ4v) is 4.34. The lowest BCUT2D eigenvalue weighted by Gasteiger charge is -2.32. The predicted molar refractivity (Wildman–Crippen MR) is 152 cm³/mol. The molecule has 0 radical (unpaired) electrons. The molecule has 202 valence electrons. The maximum atomic E-state index is 13.9. The van der Waals surface area contributed by atoms with Gasteiger partial charge >= 0.3 is 0 Å². The number of ether oxygens (including phenoxy) is 2. The molecule has 0 aliphatic carbocycles. The summed E-state index contributed by atoms with van der Waals surface area (Å²) >= 11 is 6.11. The lowest BCUT2D eigenvalue weighted by Crippen LogP contribution is -2.51. The number of benzene rings is 3. The molecule has 0 spiro atoms. The molecule has 0 aromatic heterocycles. The molecule has 0 heterocycles. The standard InChI is InChI=1S/C31H37ClN2O4/c1-22(2)16-17-33-31(36)27(18-23-8-6-5-7-9-23)34(21-24-10-13-26(32)14-11-24)30(35)20-25-12-15-28(37-3)29(19-25)38-4/h5-15,19,22,27H,16-18,20-21H2,1-4H3,(H,33,36). The van der Waals surface area contributed by atoms with Crippen molar-refractivity contribution in [2.45, 2.75) is 45.7 Å². The van der Waals surface area contributed by atoms with E-state index in [9.17, 15) is 9.59 Å². The first-order chi connectivity index (χ1) is 18.3. The highest BCUT2D eigenvalue weighted by Crippen LogP contribution is 2.28. The topological polar surface area (TPSA) is 67.9 Å². The van der Waals surface area contributed by atoms with Crippen LogP contribution in [0.1, 0.15) is 37.0 Å². The fraction of sp³-hybridized carbons (Fsp3) is 0.355. The van der Waals surface area contributed by atoms with E-state index < -0.39 is 6.04 Å². The van der Waals surface area contributed by atoms with Crippen LogP contribution < -0.4 is 14.8 Å². The average Bonchev–Trinajstić information content (AvgIpc) is 2.91. The zero-order valence-electron chi connectivity index (χ0n) is 22.6. The minimum absolute atomic E-state index is 0.110. The van der Waals surface area contributed by atoms with Gasteiger partial charge in [0.1, 0.15) is 6.04 Å². The van der Waals surface area contributed by atoms with Gasteiger partial charge in [-0.15, -0.1) is 0 Å². The summed E-state index contributed by atoms with van der Waals surface area (Å²) in [4.78, 5) is 29.2. The van der Waals surface area contributed by atoms with Gasteiger partial charge in [-0.2, -0.15) is 0 Å². The zero-order chi connectivity index (χ0) is 27.5. The number of methoxy groups -OCH3 is 2. The molecule has 2 amide bonds. The van der Waals surface area contributed by atoms with E-state index in [1.807, 2.05) is 48.5 Å². The summed E-state index contributed by atoms with van der Waals surface area (Å²) in [6.07, 6.45) is 1.37. The van der Waals surface area contributed by atoms with Crippen molar-refractivity contribution in [1.29, 1.82) is 0 Å². The molecule has 0 aliphatic heterocycles. The van der Waals surface area contributed by atoms with Crippen LogP contribution >= 0.6 is 11.6 Å². The van der Waals surface area contributed by atoms with Crippen molar-refractivity contribution in [3.63, 3.8) is 0 Å². The van der Waals surface area contributed by atoms with Crippen molar-refractivity contribution < 1.29 is 19.1 Å². The minimum atomic E-state index is -0.687. The van der Waals surface area contributed by atoms with Crippen LogP contribution in [0.4, 0.5) is 0 Å². The summed E-state index contributed by atoms with van der Waals surface area (Å²) in [5.41, 5.74) is 2.65. The number of amides is 2. The van der Waals surface area contributed by atoms with Crippen LogP contribution in [0.3, 0.4) is 0 Å². The Bertz CT molecular complexity index is 1180. The SMILES string of the molecule is COc1ccc(CC(=O)N(Cc2ccc(Cl)cc2)C(Cc2ccccc2)C(=O)NCCC(C)C)cc1OC. The molecule has 0 saturated carbocycles. The van der Waals surface area contributed by atoms with Gasteiger partial charge in [0.25, 0.3) is 0 Å². The number of carbonyl (C=O) groups is 2. The summed E-state index contributed by atoms with van der Waals surface area (Å²) in [6.45, 7) is 5.07. The van der Waals surface area contributed by atoms with Gasteiger partial charge in [-0.3, -0.25) is 9.59 Å². The van der Waals surface area contributed by atoms with E-state index in [1.165, 1.54) is 0 Å². The molecule has 3 rings (SSSR count). The van der Waals surface area contributed by atoms with Crippen LogP contribution in [0, 0.1) is 5.92 Å². The molecule has 0 saturated heterocycles. The van der Waals surface area contributed by atoms with Gasteiger partial charge in [-0.05, 0) is 53.3 Å². The van der Waals surface area contributed by atoms with Gasteiger partial charge in [-0.1, -0.05) is 74.0 Å². The van der Waals surface area contributed by atoms with Crippen LogP contribution in [-0.2, 0) is 29.0 Å². The number of nitrogens with zero attached hydrogens (tertiary/aromatic N) is 1. The van der Waals surface area contributed by atoms with E-state index in [2.05, 4.69) is 19.2 Å². The number of hydrogen-bond donors (Lipinski definition) is 1. The smallest absolute Gasteiger partial charge is 0.243 e. The zero-order valence-corrected chi connectivity index (χ0v) is 23.3. The van der Waals surface area contributed by atoms with Crippen LogP contribution in [0.5, 0.6) is 11.5 Å². The second kappa shape index (κ2) is 14.4. The van der Waals surface area contributed by atoms with E-state index in [1.54, 1.807) is 43.4 Å². The Labute approximate surface area is 230 Å². The van der Waals surface area contributed by atoms with Crippen molar-refractivity contribution in [3.8, 4) is 11.5 Å². The van der Waals surface area contributed by atoms with E-state index in [0.717, 1.165) is 23.1 Å². The van der Waals surface area contributed by atoms with Crippen molar-refractivity contribution in [1.82, 2.24) is 10.2 Å². The van der Waals surface area contributed by atoms with Crippen molar-refractivity contribution in [2.75, 3.05) is 20.8 Å². The van der Waals surface area contributed by atoms with E-state index in [-0.39, 0.29) is 24.8 Å². The molecular formula is C31H37ClN2O4. The Morgan fingerprint density at radius 2 is 1.53 bits per heavy atom. The molecule has 38 heavy (non-hydrogen) atoms. The quantitative estimate of drug-likeness (QED) is 0.304. The molecule has 0 fully saturated rings. The minimum Gasteiger partial charge on any atom is -0.493 e. The third-order valence-electron chi connectivity index (χ3n) is 6.36. The molecule has 0 bridgehead atoms. The number of carbonyl (C=O) groups excluding carboxylic acids is 2. The molecule has 0 aliphatic rings. The monoisotopic (exact) mass is 536 g/mol. The van der Waals surface area contributed by atoms with Gasteiger partial charge in [0.2, 0.25) is 11.8 Å². The summed E-state index contributed by atoms with van der Waals surface area (Å²) in [5, 5.41) is 3.69. The number of hydrogen-bond acceptors (Lipinski definition) is 4. The highest BCUT2D eigenvalue weighted by atomic mass is 35.5. The van der Waals surface area contributed by atoms with Crippen LogP contribution in [0.2, 0.25) is 5.02 Å². The highest BCUT2D eigenvalue weighted by molar-refractivity contribution is 6.30. The third-order valence-corrected chi connectivity index (χ3v) is 6.61. The van der Waals surface area contributed by atoms with Crippen LogP contribution in [0.15, 0.2) is 72.8 Å². The summed E-state index contributed by atoms with van der Waals surface area (Å²) in [5.74, 6) is 1.28. The van der Waals surface area contributed by atoms with Gasteiger partial charge in [-0.25, -0.2) is 0 Å². The normalized spacial score (nSPS) is 11.6. The first-order valence-electron chi connectivity index (χ1n) is 12.9. The first-order valence-corrected chi connectivity index (χ1v) is 13.2. The Hall–Kier alpha value is -3.51. The second-order valence-electron chi connectivity index (χ2n) is 9.69. The van der Waals surface area contributed by atoms with Crippen molar-refractivity contribution in [3.05, 3.63) is 94.5 Å². The summed E-state index contributed by atoms with van der Waals surface area (Å²) < 4.78 is 10.8. The molecule has 3 aromatic carbocycles. The van der Waals surface area contributed by atoms with E-state index in [4.69, 9.17) is 21.1 Å². The molecule has 3 aromatic rings. The number of halogens is 1. The Morgan fingerprint density at radius 1 is 0.868 bits per heavy atom. The van der Waals surface area contributed by atoms with Gasteiger partial charge in [0.15, 0.2) is 11.5 Å². The molecule has 1 N–H and O–H groups in total. The van der Waals surface area contributed by atoms with Crippen molar-refractivity contribution in [2.24, 2.45) is 5.92 Å². The summed E-state index contributed by atoms with van der Waals surface area (Å²) in [6, 6.07) is 21.9. The lowest BCUT2D eigenvalue weighted by molar-refractivity contribution is -0.140. The Morgan fingerprint density at radius 3 is 2.16 bits per heavy atom. The molecule has 7 heteroatoms. The summed E-state index contributed by atoms with van der Waals surface area (Å²) in [7, 11) is 3.14. The molecule has 1 atom stereocenters. The largest absolute Gasteiger partial charge is 0.493 e. The average molecular weight is 537 g/mol. The third kappa shape index (κ3) is 8.52. The number of rotatable bonds is 13. The predicted octanol–water partition coefficient (Wildman–Crippen LogP) is 5.70. The maximum absolute atomic E-state index is 13.9. The van der Waals surface area contributed by atoms with Gasteiger partial charge < -0.3 is 19.7 Å². The van der Waals surface area contributed by atoms with E-state index in [0.29, 0.717) is 35.4 Å². The lowest BCUT2D eigenvalue weighted by atomic mass is 10.0. The van der Waals surface area contributed by atoms with Gasteiger partial charge in [0, 0.05) is 24.5 Å². The first kappa shape index (κ1) is 29.1. The Kier molecular flexibility index (Phi) is 11.0. The van der Waals surface area contributed by atoms with Crippen LogP contribution in [0.25, 0.3) is 0 Å². The van der Waals surface area contributed by atoms with Crippen molar-refractivity contribution >= 4 is 23.4 Å². The fourth-order valence-electron chi connectivity index (χ4n) is 4.21. The van der Waals surface area contributed by atoms with Gasteiger partial charge in [0.05, 0.1) is 20.6 Å².